The van der Waals surface area contributed by atoms with Crippen molar-refractivity contribution in [2.75, 3.05) is 13.1 Å². The Labute approximate surface area is 106 Å². The number of hydrogen-bond acceptors (Lipinski definition) is 4. The molecule has 6 heteroatoms. The van der Waals surface area contributed by atoms with E-state index in [1.54, 1.807) is 24.3 Å². The number of hydrogen-bond donors (Lipinski definition) is 1. The van der Waals surface area contributed by atoms with Gasteiger partial charge in [0.25, 0.3) is 10.0 Å². The van der Waals surface area contributed by atoms with E-state index < -0.39 is 10.0 Å². The highest BCUT2D eigenvalue weighted by Crippen LogP contribution is 2.27. The maximum atomic E-state index is 11.8. The number of sulfonamides is 1. The number of piperidine rings is 1. The second-order valence-electron chi connectivity index (χ2n) is 4.43. The first-order valence-corrected chi connectivity index (χ1v) is 7.42. The van der Waals surface area contributed by atoms with E-state index in [1.807, 2.05) is 0 Å². The Bertz CT molecular complexity index is 589. The molecule has 96 valence electrons. The minimum absolute atomic E-state index is 0.0476. The fraction of sp³-hybridized carbons (Fsp3) is 0.417. The topological polar surface area (TPSA) is 67.8 Å². The van der Waals surface area contributed by atoms with Gasteiger partial charge in [0.2, 0.25) is 5.90 Å². The quantitative estimate of drug-likeness (QED) is 0.820. The molecule has 1 N–H and O–H groups in total. The molecule has 3 rings (SSSR count). The van der Waals surface area contributed by atoms with Gasteiger partial charge in [0.1, 0.15) is 11.0 Å². The van der Waals surface area contributed by atoms with Gasteiger partial charge in [-0.2, -0.15) is 8.42 Å². The van der Waals surface area contributed by atoms with Crippen LogP contribution in [0, 0.1) is 0 Å². The summed E-state index contributed by atoms with van der Waals surface area (Å²) in [7, 11) is -3.56. The van der Waals surface area contributed by atoms with Gasteiger partial charge < -0.3 is 10.1 Å². The van der Waals surface area contributed by atoms with Gasteiger partial charge in [-0.3, -0.25) is 0 Å². The van der Waals surface area contributed by atoms with Gasteiger partial charge in [-0.25, -0.2) is 0 Å². The molecule has 1 aromatic rings. The number of nitrogens with zero attached hydrogens (tertiary/aromatic N) is 1. The Morgan fingerprint density at radius 1 is 1.22 bits per heavy atom. The number of fused-ring (bicyclic) bond motifs is 1. The van der Waals surface area contributed by atoms with E-state index >= 15 is 0 Å². The number of nitrogens with one attached hydrogen (secondary N) is 1. The monoisotopic (exact) mass is 266 g/mol. The van der Waals surface area contributed by atoms with Crippen molar-refractivity contribution in [2.24, 2.45) is 4.40 Å². The molecular weight excluding hydrogens is 252 g/mol. The summed E-state index contributed by atoms with van der Waals surface area (Å²) >= 11 is 0. The van der Waals surface area contributed by atoms with E-state index in [2.05, 4.69) is 9.71 Å². The van der Waals surface area contributed by atoms with Crippen molar-refractivity contribution in [3.8, 4) is 0 Å². The molecule has 1 saturated heterocycles. The number of rotatable bonds is 1. The second kappa shape index (κ2) is 4.37. The summed E-state index contributed by atoms with van der Waals surface area (Å²) < 4.78 is 33.1. The van der Waals surface area contributed by atoms with Gasteiger partial charge in [0, 0.05) is 0 Å². The summed E-state index contributed by atoms with van der Waals surface area (Å²) in [4.78, 5) is 0.244. The Kier molecular flexibility index (Phi) is 2.83. The van der Waals surface area contributed by atoms with E-state index in [9.17, 15) is 8.42 Å². The molecular formula is C12H14N2O3S. The summed E-state index contributed by atoms with van der Waals surface area (Å²) in [5.41, 5.74) is 0.580. The van der Waals surface area contributed by atoms with Crippen LogP contribution in [0.4, 0.5) is 0 Å². The van der Waals surface area contributed by atoms with Crippen molar-refractivity contribution in [3.63, 3.8) is 0 Å². The largest absolute Gasteiger partial charge is 0.473 e. The molecule has 2 heterocycles. The lowest BCUT2D eigenvalue weighted by atomic mass is 10.1. The first kappa shape index (κ1) is 11.7. The highest BCUT2D eigenvalue weighted by atomic mass is 32.2. The van der Waals surface area contributed by atoms with Crippen molar-refractivity contribution in [1.82, 2.24) is 5.32 Å². The predicted octanol–water partition coefficient (Wildman–Crippen LogP) is 0.904. The van der Waals surface area contributed by atoms with Crippen LogP contribution in [0.2, 0.25) is 0 Å². The van der Waals surface area contributed by atoms with E-state index in [0.29, 0.717) is 5.56 Å². The third-order valence-electron chi connectivity index (χ3n) is 3.16. The average molecular weight is 266 g/mol. The summed E-state index contributed by atoms with van der Waals surface area (Å²) in [5.74, 6) is 0.248. The van der Waals surface area contributed by atoms with Gasteiger partial charge in [-0.15, -0.1) is 4.40 Å². The highest BCUT2D eigenvalue weighted by molar-refractivity contribution is 7.90. The zero-order chi connectivity index (χ0) is 12.6. The Hall–Kier alpha value is -1.40. The Balaban J connectivity index is 1.89. The fourth-order valence-corrected chi connectivity index (χ4v) is 3.37. The van der Waals surface area contributed by atoms with Crippen LogP contribution >= 0.6 is 0 Å². The molecule has 0 aliphatic carbocycles. The molecule has 0 aromatic heterocycles. The van der Waals surface area contributed by atoms with Crippen LogP contribution in [-0.4, -0.2) is 33.5 Å². The minimum atomic E-state index is -3.56. The number of ether oxygens (including phenoxy) is 1. The molecule has 5 nitrogen and oxygen atoms in total. The smallest absolute Gasteiger partial charge is 0.286 e. The molecule has 0 atom stereocenters. The molecule has 0 amide bonds. The lowest BCUT2D eigenvalue weighted by Crippen LogP contribution is -2.33. The molecule has 0 radical (unpaired) electrons. The molecule has 0 unspecified atom stereocenters. The minimum Gasteiger partial charge on any atom is -0.473 e. The Morgan fingerprint density at radius 3 is 2.72 bits per heavy atom. The average Bonchev–Trinajstić information content (AvgIpc) is 2.63. The van der Waals surface area contributed by atoms with Crippen LogP contribution in [0.1, 0.15) is 18.4 Å². The molecule has 1 aromatic carbocycles. The van der Waals surface area contributed by atoms with Gasteiger partial charge >= 0.3 is 0 Å². The fourth-order valence-electron chi connectivity index (χ4n) is 2.23. The second-order valence-corrected chi connectivity index (χ2v) is 6.01. The molecule has 0 spiro atoms. The summed E-state index contributed by atoms with van der Waals surface area (Å²) in [5, 5.41) is 3.24. The van der Waals surface area contributed by atoms with Crippen LogP contribution in [0.3, 0.4) is 0 Å². The maximum Gasteiger partial charge on any atom is 0.286 e. The summed E-state index contributed by atoms with van der Waals surface area (Å²) in [6, 6.07) is 6.78. The first-order chi connectivity index (χ1) is 8.67. The van der Waals surface area contributed by atoms with Gasteiger partial charge in [-0.1, -0.05) is 12.1 Å². The van der Waals surface area contributed by atoms with Crippen molar-refractivity contribution >= 4 is 15.9 Å². The maximum absolute atomic E-state index is 11.8. The van der Waals surface area contributed by atoms with E-state index in [-0.39, 0.29) is 16.9 Å². The zero-order valence-corrected chi connectivity index (χ0v) is 10.6. The predicted molar refractivity (Wildman–Crippen MR) is 67.1 cm³/mol. The van der Waals surface area contributed by atoms with E-state index in [0.717, 1.165) is 25.9 Å². The van der Waals surface area contributed by atoms with E-state index in [1.165, 1.54) is 0 Å². The lowest BCUT2D eigenvalue weighted by Gasteiger charge is -2.23. The molecule has 2 aliphatic rings. The summed E-state index contributed by atoms with van der Waals surface area (Å²) in [6.07, 6.45) is 1.80. The van der Waals surface area contributed by atoms with Crippen LogP contribution in [0.15, 0.2) is 33.6 Å². The van der Waals surface area contributed by atoms with Crippen LogP contribution in [0.5, 0.6) is 0 Å². The van der Waals surface area contributed by atoms with Crippen molar-refractivity contribution in [1.29, 1.82) is 0 Å². The lowest BCUT2D eigenvalue weighted by molar-refractivity contribution is 0.151. The van der Waals surface area contributed by atoms with E-state index in [4.69, 9.17) is 4.74 Å². The van der Waals surface area contributed by atoms with Gasteiger partial charge in [-0.05, 0) is 38.1 Å². The van der Waals surface area contributed by atoms with Gasteiger partial charge in [0.05, 0.1) is 5.56 Å². The van der Waals surface area contributed by atoms with Crippen LogP contribution in [-0.2, 0) is 14.8 Å². The van der Waals surface area contributed by atoms with Gasteiger partial charge in [0.15, 0.2) is 0 Å². The van der Waals surface area contributed by atoms with Crippen LogP contribution < -0.4 is 5.32 Å². The SMILES string of the molecule is O=S1(=O)N=C(OC2CCNCC2)c2ccccc21. The normalized spacial score (nSPS) is 22.3. The van der Waals surface area contributed by atoms with Crippen molar-refractivity contribution in [2.45, 2.75) is 23.8 Å². The van der Waals surface area contributed by atoms with Crippen molar-refractivity contribution in [3.05, 3.63) is 29.8 Å². The van der Waals surface area contributed by atoms with Crippen LogP contribution in [0.25, 0.3) is 0 Å². The zero-order valence-electron chi connectivity index (χ0n) is 9.80. The molecule has 0 bridgehead atoms. The molecule has 0 saturated carbocycles. The molecule has 2 aliphatic heterocycles. The standard InChI is InChI=1S/C12H14N2O3S/c15-18(16)11-4-2-1-3-10(11)12(14-18)17-9-5-7-13-8-6-9/h1-4,9,13H,5-8H2. The molecule has 18 heavy (non-hydrogen) atoms. The third kappa shape index (κ3) is 2.02. The first-order valence-electron chi connectivity index (χ1n) is 5.98. The highest BCUT2D eigenvalue weighted by Gasteiger charge is 2.31. The summed E-state index contributed by atoms with van der Waals surface area (Å²) in [6.45, 7) is 1.79. The Morgan fingerprint density at radius 2 is 1.94 bits per heavy atom. The van der Waals surface area contributed by atoms with Crippen molar-refractivity contribution < 1.29 is 13.2 Å². The number of benzene rings is 1. The third-order valence-corrected chi connectivity index (χ3v) is 4.48. The molecule has 1 fully saturated rings.